The van der Waals surface area contributed by atoms with Gasteiger partial charge in [-0.05, 0) is 6.92 Å². The van der Waals surface area contributed by atoms with Crippen LogP contribution < -0.4 is 9.47 Å². The van der Waals surface area contributed by atoms with Gasteiger partial charge in [0.2, 0.25) is 0 Å². The third-order valence-corrected chi connectivity index (χ3v) is 1.54. The fourth-order valence-electron chi connectivity index (χ4n) is 0.875. The SMILES string of the molecule is C/C=C/Cc1nc(OC)nc(OC)n1. The fourth-order valence-corrected chi connectivity index (χ4v) is 0.875. The maximum absolute atomic E-state index is 4.91. The lowest BCUT2D eigenvalue weighted by Gasteiger charge is -2.02. The maximum Gasteiger partial charge on any atom is 0.322 e. The second kappa shape index (κ2) is 5.16. The second-order valence-electron chi connectivity index (χ2n) is 2.50. The normalized spacial score (nSPS) is 10.5. The van der Waals surface area contributed by atoms with Gasteiger partial charge in [0.25, 0.3) is 0 Å². The first-order valence-electron chi connectivity index (χ1n) is 4.24. The maximum atomic E-state index is 4.91. The molecule has 1 rings (SSSR count). The molecule has 1 heterocycles. The molecule has 5 heteroatoms. The van der Waals surface area contributed by atoms with Gasteiger partial charge >= 0.3 is 12.0 Å². The van der Waals surface area contributed by atoms with Crippen LogP contribution in [0.4, 0.5) is 0 Å². The van der Waals surface area contributed by atoms with Crippen LogP contribution in [0.15, 0.2) is 12.2 Å². The Balaban J connectivity index is 2.92. The zero-order valence-corrected chi connectivity index (χ0v) is 8.52. The van der Waals surface area contributed by atoms with E-state index >= 15 is 0 Å². The van der Waals surface area contributed by atoms with Gasteiger partial charge in [0, 0.05) is 6.42 Å². The highest BCUT2D eigenvalue weighted by atomic mass is 16.5. The van der Waals surface area contributed by atoms with E-state index in [1.54, 1.807) is 0 Å². The third-order valence-electron chi connectivity index (χ3n) is 1.54. The molecule has 1 aromatic rings. The van der Waals surface area contributed by atoms with Gasteiger partial charge < -0.3 is 9.47 Å². The smallest absolute Gasteiger partial charge is 0.322 e. The van der Waals surface area contributed by atoms with Crippen LogP contribution in [0.1, 0.15) is 12.7 Å². The van der Waals surface area contributed by atoms with Crippen molar-refractivity contribution in [1.29, 1.82) is 0 Å². The zero-order valence-electron chi connectivity index (χ0n) is 8.52. The first-order valence-corrected chi connectivity index (χ1v) is 4.24. The summed E-state index contributed by atoms with van der Waals surface area (Å²) in [6.07, 6.45) is 4.53. The number of hydrogen-bond acceptors (Lipinski definition) is 5. The Morgan fingerprint density at radius 3 is 2.07 bits per heavy atom. The van der Waals surface area contributed by atoms with Crippen LogP contribution in [-0.2, 0) is 6.42 Å². The van der Waals surface area contributed by atoms with Gasteiger partial charge in [-0.25, -0.2) is 0 Å². The van der Waals surface area contributed by atoms with Crippen LogP contribution in [0, 0.1) is 0 Å². The molecule has 0 atom stereocenters. The highest BCUT2D eigenvalue weighted by Gasteiger charge is 2.04. The highest BCUT2D eigenvalue weighted by molar-refractivity contribution is 5.07. The Morgan fingerprint density at radius 2 is 1.64 bits per heavy atom. The highest BCUT2D eigenvalue weighted by Crippen LogP contribution is 2.09. The molecule has 76 valence electrons. The molecule has 5 nitrogen and oxygen atoms in total. The van der Waals surface area contributed by atoms with Crippen LogP contribution in [-0.4, -0.2) is 29.2 Å². The summed E-state index contributed by atoms with van der Waals surface area (Å²) >= 11 is 0. The Kier molecular flexibility index (Phi) is 3.84. The predicted molar refractivity (Wildman–Crippen MR) is 51.4 cm³/mol. The van der Waals surface area contributed by atoms with Crippen molar-refractivity contribution < 1.29 is 9.47 Å². The summed E-state index contributed by atoms with van der Waals surface area (Å²) in [5.41, 5.74) is 0. The van der Waals surface area contributed by atoms with E-state index in [1.165, 1.54) is 14.2 Å². The topological polar surface area (TPSA) is 57.1 Å². The average Bonchev–Trinajstić information content (AvgIpc) is 2.25. The van der Waals surface area contributed by atoms with Gasteiger partial charge in [-0.15, -0.1) is 4.98 Å². The number of ether oxygens (including phenoxy) is 2. The molecule has 0 saturated heterocycles. The molecule has 0 fully saturated rings. The van der Waals surface area contributed by atoms with Crippen molar-refractivity contribution in [3.8, 4) is 12.0 Å². The summed E-state index contributed by atoms with van der Waals surface area (Å²) < 4.78 is 9.82. The van der Waals surface area contributed by atoms with E-state index in [0.717, 1.165) is 0 Å². The predicted octanol–water partition coefficient (Wildman–Crippen LogP) is 1.01. The molecule has 0 saturated carbocycles. The lowest BCUT2D eigenvalue weighted by atomic mass is 10.4. The molecule has 14 heavy (non-hydrogen) atoms. The molecule has 0 unspecified atom stereocenters. The molecule has 0 spiro atoms. The Labute approximate surface area is 82.8 Å². The number of aromatic nitrogens is 3. The van der Waals surface area contributed by atoms with E-state index in [2.05, 4.69) is 15.0 Å². The van der Waals surface area contributed by atoms with Crippen molar-refractivity contribution in [3.05, 3.63) is 18.0 Å². The lowest BCUT2D eigenvalue weighted by Crippen LogP contribution is -2.02. The van der Waals surface area contributed by atoms with E-state index in [0.29, 0.717) is 12.2 Å². The molecular weight excluding hydrogens is 182 g/mol. The van der Waals surface area contributed by atoms with Gasteiger partial charge in [0.05, 0.1) is 14.2 Å². The molecule has 0 amide bonds. The monoisotopic (exact) mass is 195 g/mol. The molecule has 0 N–H and O–H groups in total. The molecular formula is C9H13N3O2. The van der Waals surface area contributed by atoms with Crippen molar-refractivity contribution in [2.45, 2.75) is 13.3 Å². The van der Waals surface area contributed by atoms with Crippen molar-refractivity contribution in [2.75, 3.05) is 14.2 Å². The van der Waals surface area contributed by atoms with Crippen molar-refractivity contribution in [2.24, 2.45) is 0 Å². The number of rotatable bonds is 4. The van der Waals surface area contributed by atoms with Crippen LogP contribution in [0.2, 0.25) is 0 Å². The first-order chi connectivity index (χ1) is 6.80. The largest absolute Gasteiger partial charge is 0.467 e. The molecule has 0 aliphatic heterocycles. The quantitative estimate of drug-likeness (QED) is 0.671. The molecule has 1 aromatic heterocycles. The van der Waals surface area contributed by atoms with E-state index < -0.39 is 0 Å². The van der Waals surface area contributed by atoms with Gasteiger partial charge in [-0.3, -0.25) is 0 Å². The number of hydrogen-bond donors (Lipinski definition) is 0. The Morgan fingerprint density at radius 1 is 1.07 bits per heavy atom. The van der Waals surface area contributed by atoms with Gasteiger partial charge in [-0.1, -0.05) is 12.2 Å². The Hall–Kier alpha value is -1.65. The minimum absolute atomic E-state index is 0.274. The van der Waals surface area contributed by atoms with E-state index in [-0.39, 0.29) is 12.0 Å². The Bertz CT molecular complexity index is 304. The summed E-state index contributed by atoms with van der Waals surface area (Å²) in [7, 11) is 3.02. The zero-order chi connectivity index (χ0) is 10.4. The third kappa shape index (κ3) is 2.69. The molecule has 0 radical (unpaired) electrons. The molecule has 0 aliphatic rings. The molecule has 0 bridgehead atoms. The fraction of sp³-hybridized carbons (Fsp3) is 0.444. The van der Waals surface area contributed by atoms with Crippen molar-refractivity contribution in [3.63, 3.8) is 0 Å². The van der Waals surface area contributed by atoms with Crippen molar-refractivity contribution in [1.82, 2.24) is 15.0 Å². The summed E-state index contributed by atoms with van der Waals surface area (Å²) in [6.45, 7) is 1.94. The second-order valence-corrected chi connectivity index (χ2v) is 2.50. The number of allylic oxidation sites excluding steroid dienone is 2. The van der Waals surface area contributed by atoms with Crippen molar-refractivity contribution >= 4 is 0 Å². The summed E-state index contributed by atoms with van der Waals surface area (Å²) in [5.74, 6) is 0.631. The van der Waals surface area contributed by atoms with Crippen LogP contribution >= 0.6 is 0 Å². The van der Waals surface area contributed by atoms with Crippen LogP contribution in [0.3, 0.4) is 0 Å². The van der Waals surface area contributed by atoms with Gasteiger partial charge in [0.15, 0.2) is 0 Å². The minimum atomic E-state index is 0.274. The number of nitrogens with zero attached hydrogens (tertiary/aromatic N) is 3. The van der Waals surface area contributed by atoms with Gasteiger partial charge in [0.1, 0.15) is 5.82 Å². The summed E-state index contributed by atoms with van der Waals surface area (Å²) in [5, 5.41) is 0. The first kappa shape index (κ1) is 10.4. The molecule has 0 aromatic carbocycles. The van der Waals surface area contributed by atoms with E-state index in [1.807, 2.05) is 19.1 Å². The summed E-state index contributed by atoms with van der Waals surface area (Å²) in [6, 6.07) is 0.549. The van der Waals surface area contributed by atoms with Crippen LogP contribution in [0.25, 0.3) is 0 Å². The lowest BCUT2D eigenvalue weighted by molar-refractivity contribution is 0.337. The van der Waals surface area contributed by atoms with Crippen LogP contribution in [0.5, 0.6) is 12.0 Å². The average molecular weight is 195 g/mol. The number of methoxy groups -OCH3 is 2. The standard InChI is InChI=1S/C9H13N3O2/c1-4-5-6-7-10-8(13-2)12-9(11-7)14-3/h4-5H,6H2,1-3H3/b5-4+. The van der Waals surface area contributed by atoms with E-state index in [4.69, 9.17) is 9.47 Å². The minimum Gasteiger partial charge on any atom is -0.467 e. The van der Waals surface area contributed by atoms with E-state index in [9.17, 15) is 0 Å². The summed E-state index contributed by atoms with van der Waals surface area (Å²) in [4.78, 5) is 12.0. The molecule has 0 aliphatic carbocycles. The van der Waals surface area contributed by atoms with Gasteiger partial charge in [-0.2, -0.15) is 9.97 Å².